The Hall–Kier alpha value is -2.07. The van der Waals surface area contributed by atoms with Crippen LogP contribution in [0.3, 0.4) is 0 Å². The highest BCUT2D eigenvalue weighted by molar-refractivity contribution is 7.85. The molecule has 1 spiro atoms. The van der Waals surface area contributed by atoms with Gasteiger partial charge in [-0.25, -0.2) is 0 Å². The first-order valence-corrected chi connectivity index (χ1v) is 14.9. The molecule has 5 saturated carbocycles. The molecule has 0 saturated heterocycles. The monoisotopic (exact) mass is 538 g/mol. The van der Waals surface area contributed by atoms with Gasteiger partial charge in [-0.05, 0) is 61.9 Å². The van der Waals surface area contributed by atoms with Gasteiger partial charge in [-0.2, -0.15) is 8.42 Å². The third-order valence-electron chi connectivity index (χ3n) is 9.62. The summed E-state index contributed by atoms with van der Waals surface area (Å²) in [5.41, 5.74) is -2.44. The van der Waals surface area contributed by atoms with Crippen molar-refractivity contribution in [3.8, 4) is 0 Å². The van der Waals surface area contributed by atoms with Gasteiger partial charge in [-0.15, -0.1) is 0 Å². The summed E-state index contributed by atoms with van der Waals surface area (Å²) in [7, 11) is -3.90. The topological polar surface area (TPSA) is 130 Å². The largest absolute Gasteiger partial charge is 0.465 e. The number of ketones is 2. The lowest BCUT2D eigenvalue weighted by molar-refractivity contribution is -0.217. The van der Waals surface area contributed by atoms with Crippen molar-refractivity contribution in [3.05, 3.63) is 12.2 Å². The summed E-state index contributed by atoms with van der Waals surface area (Å²) in [6, 6.07) is 0. The molecule has 5 rings (SSSR count). The Morgan fingerprint density at radius 2 is 1.70 bits per heavy atom. The first kappa shape index (κ1) is 28.0. The van der Waals surface area contributed by atoms with Crippen LogP contribution in [0.2, 0.25) is 0 Å². The Labute approximate surface area is 218 Å². The number of esters is 2. The summed E-state index contributed by atoms with van der Waals surface area (Å²) in [5.74, 6) is -3.21. The molecule has 0 amide bonds. The molecule has 5 aliphatic rings. The van der Waals surface area contributed by atoms with Crippen LogP contribution >= 0.6 is 0 Å². The number of carbonyl (C=O) groups excluding carboxylic acids is 4. The molecule has 206 valence electrons. The maximum absolute atomic E-state index is 14.6. The van der Waals surface area contributed by atoms with E-state index < -0.39 is 62.7 Å². The fourth-order valence-electron chi connectivity index (χ4n) is 8.49. The first-order chi connectivity index (χ1) is 17.2. The van der Waals surface area contributed by atoms with Gasteiger partial charge in [0.25, 0.3) is 10.1 Å². The molecule has 7 atom stereocenters. The predicted octanol–water partition coefficient (Wildman–Crippen LogP) is 3.01. The van der Waals surface area contributed by atoms with Gasteiger partial charge < -0.3 is 9.47 Å². The zero-order valence-electron chi connectivity index (χ0n) is 22.2. The van der Waals surface area contributed by atoms with Crippen molar-refractivity contribution >= 4 is 33.6 Å². The van der Waals surface area contributed by atoms with Gasteiger partial charge in [0.2, 0.25) is 0 Å². The van der Waals surface area contributed by atoms with Crippen LogP contribution < -0.4 is 0 Å². The van der Waals surface area contributed by atoms with E-state index in [1.807, 2.05) is 6.92 Å². The molecule has 5 aliphatic carbocycles. The highest BCUT2D eigenvalue weighted by Gasteiger charge is 2.73. The van der Waals surface area contributed by atoms with E-state index in [0.717, 1.165) is 12.7 Å². The molecule has 9 nitrogen and oxygen atoms in total. The number of hydrogen-bond acceptors (Lipinski definition) is 9. The van der Waals surface area contributed by atoms with Crippen LogP contribution in [0.25, 0.3) is 0 Å². The molecule has 37 heavy (non-hydrogen) atoms. The van der Waals surface area contributed by atoms with Gasteiger partial charge in [0.1, 0.15) is 0 Å². The van der Waals surface area contributed by atoms with Crippen LogP contribution in [0.5, 0.6) is 0 Å². The molecular weight excluding hydrogens is 500 g/mol. The average Bonchev–Trinajstić information content (AvgIpc) is 2.99. The SMILES string of the molecule is C=C1C[C@@H]2CCC3(C1=O)C(=O)C(COS(C)(=O)=O)C1C(COC(C)=O)(CCC[C@@]1(C)COC(C)=O)C3C2. The van der Waals surface area contributed by atoms with Crippen LogP contribution in [0.15, 0.2) is 12.2 Å². The molecular formula is C27H38O9S. The number of rotatable bonds is 7. The number of hydrogen-bond donors (Lipinski definition) is 0. The van der Waals surface area contributed by atoms with Crippen LogP contribution in [0.4, 0.5) is 0 Å². The average molecular weight is 539 g/mol. The molecule has 0 radical (unpaired) electrons. The second-order valence-electron chi connectivity index (χ2n) is 12.0. The first-order valence-electron chi connectivity index (χ1n) is 13.0. The number of Topliss-reactive ketones (excluding diaryl/α,β-unsaturated/α-hetero) is 2. The molecule has 0 aromatic carbocycles. The van der Waals surface area contributed by atoms with E-state index in [9.17, 15) is 27.6 Å². The maximum Gasteiger partial charge on any atom is 0.302 e. The number of fused-ring (bicyclic) bond motifs is 4. The van der Waals surface area contributed by atoms with Gasteiger partial charge in [0.15, 0.2) is 11.6 Å². The highest BCUT2D eigenvalue weighted by Crippen LogP contribution is 2.70. The highest BCUT2D eigenvalue weighted by atomic mass is 32.2. The fraction of sp³-hybridized carbons (Fsp3) is 0.778. The summed E-state index contributed by atoms with van der Waals surface area (Å²) < 4.78 is 40.6. The van der Waals surface area contributed by atoms with E-state index in [1.54, 1.807) is 0 Å². The van der Waals surface area contributed by atoms with Crippen molar-refractivity contribution in [2.45, 2.75) is 65.7 Å². The molecule has 0 N–H and O–H groups in total. The van der Waals surface area contributed by atoms with Gasteiger partial charge in [-0.1, -0.05) is 19.9 Å². The van der Waals surface area contributed by atoms with Gasteiger partial charge >= 0.3 is 11.9 Å². The molecule has 5 fully saturated rings. The quantitative estimate of drug-likeness (QED) is 0.208. The molecule has 5 unspecified atom stereocenters. The number of ether oxygens (including phenoxy) is 2. The minimum Gasteiger partial charge on any atom is -0.465 e. The maximum atomic E-state index is 14.6. The minimum absolute atomic E-state index is 0.00418. The van der Waals surface area contributed by atoms with Crippen LogP contribution in [-0.4, -0.2) is 58.0 Å². The van der Waals surface area contributed by atoms with Gasteiger partial charge in [-0.3, -0.25) is 23.4 Å². The van der Waals surface area contributed by atoms with Crippen molar-refractivity contribution in [3.63, 3.8) is 0 Å². The van der Waals surface area contributed by atoms with Crippen LogP contribution in [0, 0.1) is 39.9 Å². The van der Waals surface area contributed by atoms with E-state index in [1.165, 1.54) is 13.8 Å². The van der Waals surface area contributed by atoms with Gasteiger partial charge in [0, 0.05) is 30.6 Å². The van der Waals surface area contributed by atoms with Crippen LogP contribution in [0.1, 0.15) is 65.7 Å². The smallest absolute Gasteiger partial charge is 0.302 e. The number of allylic oxidation sites excluding steroid dienone is 1. The van der Waals surface area contributed by atoms with Crippen molar-refractivity contribution in [2.75, 3.05) is 26.1 Å². The third-order valence-corrected chi connectivity index (χ3v) is 10.2. The fourth-order valence-corrected chi connectivity index (χ4v) is 8.88. The lowest BCUT2D eigenvalue weighted by Crippen LogP contribution is -2.70. The molecule has 0 heterocycles. The zero-order valence-corrected chi connectivity index (χ0v) is 23.0. The standard InChI is InChI=1S/C27H38O9S/c1-16-11-19-7-10-27(23(16)30)21(12-19)26(15-35-18(3)29)9-6-8-25(4,14-34-17(2)28)22(26)20(24(27)31)13-36-37(5,32)33/h19-22H,1,6-15H2,2-5H3/t19-,20?,21?,22?,25-,26?,27?/m0/s1. The Morgan fingerprint density at radius 3 is 2.32 bits per heavy atom. The predicted molar refractivity (Wildman–Crippen MR) is 132 cm³/mol. The van der Waals surface area contributed by atoms with E-state index in [2.05, 4.69) is 6.58 Å². The molecule has 0 aromatic rings. The third kappa shape index (κ3) is 4.68. The van der Waals surface area contributed by atoms with E-state index in [-0.39, 0.29) is 30.7 Å². The van der Waals surface area contributed by atoms with E-state index in [0.29, 0.717) is 44.1 Å². The molecule has 10 heteroatoms. The molecule has 0 aliphatic heterocycles. The van der Waals surface area contributed by atoms with E-state index in [4.69, 9.17) is 13.7 Å². The second kappa shape index (κ2) is 9.59. The van der Waals surface area contributed by atoms with Crippen molar-refractivity contribution < 1.29 is 41.3 Å². The van der Waals surface area contributed by atoms with Crippen molar-refractivity contribution in [1.29, 1.82) is 0 Å². The van der Waals surface area contributed by atoms with Crippen molar-refractivity contribution in [2.24, 2.45) is 39.9 Å². The van der Waals surface area contributed by atoms with Crippen molar-refractivity contribution in [1.82, 2.24) is 0 Å². The summed E-state index contributed by atoms with van der Waals surface area (Å²) in [5, 5.41) is 0. The Bertz CT molecular complexity index is 1130. The Balaban J connectivity index is 1.95. The van der Waals surface area contributed by atoms with Gasteiger partial charge in [0.05, 0.1) is 31.5 Å². The molecule has 2 bridgehead atoms. The summed E-state index contributed by atoms with van der Waals surface area (Å²) in [6.45, 7) is 8.23. The second-order valence-corrected chi connectivity index (χ2v) is 13.7. The Kier molecular flexibility index (Phi) is 7.25. The summed E-state index contributed by atoms with van der Waals surface area (Å²) in [6.07, 6.45) is 5.08. The normalized spacial score (nSPS) is 39.4. The zero-order chi connectivity index (χ0) is 27.4. The van der Waals surface area contributed by atoms with E-state index >= 15 is 0 Å². The summed E-state index contributed by atoms with van der Waals surface area (Å²) >= 11 is 0. The van der Waals surface area contributed by atoms with Crippen LogP contribution in [-0.2, 0) is 43.0 Å². The lowest BCUT2D eigenvalue weighted by Gasteiger charge is -2.66. The minimum atomic E-state index is -3.90. The molecule has 0 aromatic heterocycles. The number of carbonyl (C=O) groups is 4. The lowest BCUT2D eigenvalue weighted by atomic mass is 9.37. The summed E-state index contributed by atoms with van der Waals surface area (Å²) in [4.78, 5) is 52.5. The Morgan fingerprint density at radius 1 is 1.05 bits per heavy atom.